The Morgan fingerprint density at radius 2 is 2.29 bits per heavy atom. The van der Waals surface area contributed by atoms with E-state index in [1.165, 1.54) is 17.1 Å². The summed E-state index contributed by atoms with van der Waals surface area (Å²) in [6.45, 7) is 2.14. The molecule has 0 aliphatic rings. The minimum Gasteiger partial charge on any atom is -0.480 e. The van der Waals surface area contributed by atoms with Gasteiger partial charge in [0, 0.05) is 13.0 Å². The predicted octanol–water partition coefficient (Wildman–Crippen LogP) is 0.941. The smallest absolute Gasteiger partial charge is 0.381 e. The Kier molecular flexibility index (Phi) is 6.31. The zero-order valence-electron chi connectivity index (χ0n) is 11.7. The summed E-state index contributed by atoms with van der Waals surface area (Å²) < 4.78 is 1.42. The Morgan fingerprint density at radius 3 is 2.81 bits per heavy atom. The van der Waals surface area contributed by atoms with Crippen molar-refractivity contribution in [2.24, 2.45) is 0 Å². The number of rotatable bonds is 9. The van der Waals surface area contributed by atoms with Crippen LogP contribution in [0.3, 0.4) is 0 Å². The van der Waals surface area contributed by atoms with Crippen molar-refractivity contribution in [3.63, 3.8) is 0 Å². The summed E-state index contributed by atoms with van der Waals surface area (Å²) in [6, 6.07) is -0.894. The van der Waals surface area contributed by atoms with E-state index in [1.807, 2.05) is 6.92 Å². The van der Waals surface area contributed by atoms with Gasteiger partial charge in [0.1, 0.15) is 12.2 Å². The number of hydrogen-bond acceptors (Lipinski definition) is 5. The van der Waals surface area contributed by atoms with Crippen molar-refractivity contribution < 1.29 is 19.6 Å². The second kappa shape index (κ2) is 7.98. The van der Waals surface area contributed by atoms with Crippen LogP contribution in [0.15, 0.2) is 12.5 Å². The number of carbonyl (C=O) groups is 2. The fourth-order valence-electron chi connectivity index (χ4n) is 1.73. The third kappa shape index (κ3) is 5.59. The second-order valence-electron chi connectivity index (χ2n) is 4.58. The number of carbonyl (C=O) groups excluding carboxylic acids is 1. The lowest BCUT2D eigenvalue weighted by molar-refractivity contribution is -0.389. The lowest BCUT2D eigenvalue weighted by Gasteiger charge is -2.13. The monoisotopic (exact) mass is 298 g/mol. The highest BCUT2D eigenvalue weighted by molar-refractivity contribution is 5.83. The van der Waals surface area contributed by atoms with Gasteiger partial charge >= 0.3 is 11.8 Å². The SMILES string of the molecule is CCCCC(NC(=O)CCn1cnc([N+](=O)[O-])c1)C(=O)O. The summed E-state index contributed by atoms with van der Waals surface area (Å²) in [4.78, 5) is 36.1. The predicted molar refractivity (Wildman–Crippen MR) is 72.6 cm³/mol. The van der Waals surface area contributed by atoms with E-state index in [0.29, 0.717) is 12.8 Å². The highest BCUT2D eigenvalue weighted by Crippen LogP contribution is 2.06. The van der Waals surface area contributed by atoms with Crippen molar-refractivity contribution in [3.8, 4) is 0 Å². The lowest BCUT2D eigenvalue weighted by Crippen LogP contribution is -2.40. The molecule has 0 aromatic carbocycles. The van der Waals surface area contributed by atoms with Gasteiger partial charge in [0.2, 0.25) is 12.2 Å². The maximum atomic E-state index is 11.7. The van der Waals surface area contributed by atoms with Crippen LogP contribution >= 0.6 is 0 Å². The Labute approximate surface area is 121 Å². The number of nitrogens with zero attached hydrogens (tertiary/aromatic N) is 3. The van der Waals surface area contributed by atoms with Crippen molar-refractivity contribution in [1.82, 2.24) is 14.9 Å². The highest BCUT2D eigenvalue weighted by Gasteiger charge is 2.19. The van der Waals surface area contributed by atoms with Crippen LogP contribution in [0.1, 0.15) is 32.6 Å². The molecule has 2 N–H and O–H groups in total. The van der Waals surface area contributed by atoms with Crippen LogP contribution in [0.2, 0.25) is 0 Å². The first-order chi connectivity index (χ1) is 9.93. The van der Waals surface area contributed by atoms with Gasteiger partial charge in [-0.3, -0.25) is 4.79 Å². The van der Waals surface area contributed by atoms with E-state index in [1.54, 1.807) is 0 Å². The van der Waals surface area contributed by atoms with Crippen LogP contribution in [0.5, 0.6) is 0 Å². The van der Waals surface area contributed by atoms with Gasteiger partial charge in [0.15, 0.2) is 0 Å². The molecule has 1 aromatic rings. The first-order valence-electron chi connectivity index (χ1n) is 6.62. The molecule has 21 heavy (non-hydrogen) atoms. The number of nitro groups is 1. The molecule has 0 aliphatic carbocycles. The summed E-state index contributed by atoms with van der Waals surface area (Å²) in [7, 11) is 0. The Bertz CT molecular complexity index is 514. The first kappa shape index (κ1) is 16.6. The number of aryl methyl sites for hydroxylation is 1. The van der Waals surface area contributed by atoms with Gasteiger partial charge in [0.05, 0.1) is 0 Å². The number of carboxylic acid groups (broad SMARTS) is 1. The number of unbranched alkanes of at least 4 members (excludes halogenated alkanes) is 1. The maximum absolute atomic E-state index is 11.7. The molecule has 0 saturated carbocycles. The van der Waals surface area contributed by atoms with Crippen LogP contribution in [0, 0.1) is 10.1 Å². The van der Waals surface area contributed by atoms with Gasteiger partial charge in [-0.1, -0.05) is 19.8 Å². The molecule has 1 rings (SSSR count). The average molecular weight is 298 g/mol. The number of carboxylic acids is 1. The summed E-state index contributed by atoms with van der Waals surface area (Å²) >= 11 is 0. The average Bonchev–Trinajstić information content (AvgIpc) is 2.90. The molecule has 1 aromatic heterocycles. The summed E-state index contributed by atoms with van der Waals surface area (Å²) in [6.07, 6.45) is 4.46. The molecule has 9 nitrogen and oxygen atoms in total. The Balaban J connectivity index is 2.44. The van der Waals surface area contributed by atoms with Gasteiger partial charge in [-0.25, -0.2) is 4.79 Å². The number of aliphatic carboxylic acids is 1. The standard InChI is InChI=1S/C12H18N4O5/c1-2-3-4-9(12(18)19)14-11(17)5-6-15-7-10(13-8-15)16(20)21/h7-9H,2-6H2,1H3,(H,14,17)(H,18,19). The molecule has 1 amide bonds. The number of nitrogens with one attached hydrogen (secondary N) is 1. The third-order valence-electron chi connectivity index (χ3n) is 2.88. The van der Waals surface area contributed by atoms with Gasteiger partial charge in [0.25, 0.3) is 0 Å². The Hall–Kier alpha value is -2.45. The normalized spacial score (nSPS) is 11.9. The molecule has 0 spiro atoms. The zero-order chi connectivity index (χ0) is 15.8. The molecule has 1 atom stereocenters. The van der Waals surface area contributed by atoms with Gasteiger partial charge < -0.3 is 25.1 Å². The fourth-order valence-corrected chi connectivity index (χ4v) is 1.73. The molecular formula is C12H18N4O5. The zero-order valence-corrected chi connectivity index (χ0v) is 11.7. The van der Waals surface area contributed by atoms with Gasteiger partial charge in [-0.15, -0.1) is 0 Å². The van der Waals surface area contributed by atoms with Gasteiger partial charge in [-0.2, -0.15) is 0 Å². The molecule has 0 radical (unpaired) electrons. The lowest BCUT2D eigenvalue weighted by atomic mass is 10.1. The number of hydrogen-bond donors (Lipinski definition) is 2. The number of aromatic nitrogens is 2. The van der Waals surface area contributed by atoms with E-state index in [4.69, 9.17) is 5.11 Å². The Morgan fingerprint density at radius 1 is 1.57 bits per heavy atom. The van der Waals surface area contributed by atoms with Crippen LogP contribution < -0.4 is 5.32 Å². The molecule has 0 saturated heterocycles. The van der Waals surface area contributed by atoms with E-state index in [9.17, 15) is 19.7 Å². The van der Waals surface area contributed by atoms with Crippen LogP contribution in [-0.4, -0.2) is 37.5 Å². The third-order valence-corrected chi connectivity index (χ3v) is 2.88. The van der Waals surface area contributed by atoms with Crippen LogP contribution in [0.25, 0.3) is 0 Å². The number of amides is 1. The van der Waals surface area contributed by atoms with Crippen LogP contribution in [-0.2, 0) is 16.1 Å². The fraction of sp³-hybridized carbons (Fsp3) is 0.583. The van der Waals surface area contributed by atoms with E-state index in [-0.39, 0.29) is 18.8 Å². The van der Waals surface area contributed by atoms with E-state index in [2.05, 4.69) is 10.3 Å². The van der Waals surface area contributed by atoms with Crippen molar-refractivity contribution in [2.45, 2.75) is 45.2 Å². The molecule has 0 aliphatic heterocycles. The van der Waals surface area contributed by atoms with E-state index in [0.717, 1.165) is 6.42 Å². The highest BCUT2D eigenvalue weighted by atomic mass is 16.6. The molecular weight excluding hydrogens is 280 g/mol. The topological polar surface area (TPSA) is 127 Å². The first-order valence-corrected chi connectivity index (χ1v) is 6.62. The summed E-state index contributed by atoms with van der Waals surface area (Å²) in [5.74, 6) is -1.76. The molecule has 1 heterocycles. The second-order valence-corrected chi connectivity index (χ2v) is 4.58. The van der Waals surface area contributed by atoms with Crippen molar-refractivity contribution in [2.75, 3.05) is 0 Å². The summed E-state index contributed by atoms with van der Waals surface area (Å²) in [5, 5.41) is 21.9. The quantitative estimate of drug-likeness (QED) is 0.516. The van der Waals surface area contributed by atoms with E-state index < -0.39 is 22.8 Å². The van der Waals surface area contributed by atoms with E-state index >= 15 is 0 Å². The molecule has 116 valence electrons. The molecule has 9 heteroatoms. The van der Waals surface area contributed by atoms with Crippen molar-refractivity contribution in [3.05, 3.63) is 22.6 Å². The van der Waals surface area contributed by atoms with Crippen LogP contribution in [0.4, 0.5) is 5.82 Å². The minimum absolute atomic E-state index is 0.0312. The molecule has 0 fully saturated rings. The summed E-state index contributed by atoms with van der Waals surface area (Å²) in [5.41, 5.74) is 0. The maximum Gasteiger partial charge on any atom is 0.381 e. The number of imidazole rings is 1. The van der Waals surface area contributed by atoms with Crippen molar-refractivity contribution in [1.29, 1.82) is 0 Å². The largest absolute Gasteiger partial charge is 0.480 e. The minimum atomic E-state index is -1.06. The van der Waals surface area contributed by atoms with Crippen molar-refractivity contribution >= 4 is 17.7 Å². The molecule has 0 bridgehead atoms. The van der Waals surface area contributed by atoms with Gasteiger partial charge in [-0.05, 0) is 16.3 Å². The molecule has 1 unspecified atom stereocenters.